The molecule has 0 N–H and O–H groups in total. The monoisotopic (exact) mass is 369 g/mol. The first kappa shape index (κ1) is 18.5. The Kier molecular flexibility index (Phi) is 5.48. The molecule has 146 valence electrons. The van der Waals surface area contributed by atoms with Crippen molar-refractivity contribution in [3.05, 3.63) is 30.3 Å². The van der Waals surface area contributed by atoms with E-state index in [4.69, 9.17) is 0 Å². The molecule has 1 aromatic carbocycles. The Labute approximate surface area is 162 Å². The summed E-state index contributed by atoms with van der Waals surface area (Å²) in [5.41, 5.74) is 0.894. The average molecular weight is 370 g/mol. The van der Waals surface area contributed by atoms with Crippen molar-refractivity contribution in [1.82, 2.24) is 9.80 Å². The number of piperidine rings is 2. The zero-order valence-corrected chi connectivity index (χ0v) is 16.3. The van der Waals surface area contributed by atoms with Gasteiger partial charge < -0.3 is 14.7 Å². The van der Waals surface area contributed by atoms with Crippen molar-refractivity contribution in [3.63, 3.8) is 0 Å². The molecule has 3 aliphatic heterocycles. The minimum absolute atomic E-state index is 0.0593. The van der Waals surface area contributed by atoms with Gasteiger partial charge in [-0.05, 0) is 56.8 Å². The molecule has 3 fully saturated rings. The lowest BCUT2D eigenvalue weighted by Gasteiger charge is -2.45. The molecule has 1 aromatic rings. The van der Waals surface area contributed by atoms with E-state index in [0.717, 1.165) is 12.2 Å². The molecule has 2 amide bonds. The Balaban J connectivity index is 1.37. The first-order valence-corrected chi connectivity index (χ1v) is 10.5. The highest BCUT2D eigenvalue weighted by atomic mass is 16.2. The predicted octanol–water partition coefficient (Wildman–Crippen LogP) is 2.76. The van der Waals surface area contributed by atoms with Gasteiger partial charge in [0, 0.05) is 38.3 Å². The molecule has 27 heavy (non-hydrogen) atoms. The lowest BCUT2D eigenvalue weighted by molar-refractivity contribution is -0.135. The number of rotatable bonds is 4. The second-order valence-corrected chi connectivity index (χ2v) is 8.46. The van der Waals surface area contributed by atoms with Gasteiger partial charge >= 0.3 is 0 Å². The normalized spacial score (nSPS) is 28.9. The Bertz CT molecular complexity index is 675. The van der Waals surface area contributed by atoms with Crippen LogP contribution in [0.5, 0.6) is 0 Å². The van der Waals surface area contributed by atoms with Crippen LogP contribution in [-0.4, -0.2) is 60.9 Å². The largest absolute Gasteiger partial charge is 0.345 e. The SMILES string of the molecule is CN(C[C@@H]1CCCN2CCCC[C@H]12)C(=O)[C@@H]1CC(=O)N(c2ccccc2)C1. The molecule has 3 atom stereocenters. The van der Waals surface area contributed by atoms with E-state index in [2.05, 4.69) is 4.90 Å². The van der Waals surface area contributed by atoms with Crippen molar-refractivity contribution in [2.24, 2.45) is 11.8 Å². The van der Waals surface area contributed by atoms with Gasteiger partial charge in [0.1, 0.15) is 0 Å². The Hall–Kier alpha value is -1.88. The Morgan fingerprint density at radius 1 is 1.11 bits per heavy atom. The summed E-state index contributed by atoms with van der Waals surface area (Å²) in [5, 5.41) is 0. The first-order chi connectivity index (χ1) is 13.1. The summed E-state index contributed by atoms with van der Waals surface area (Å²) in [6.07, 6.45) is 6.70. The second kappa shape index (κ2) is 8.01. The maximum Gasteiger partial charge on any atom is 0.227 e. The van der Waals surface area contributed by atoms with Gasteiger partial charge in [-0.1, -0.05) is 24.6 Å². The molecule has 0 spiro atoms. The summed E-state index contributed by atoms with van der Waals surface area (Å²) >= 11 is 0. The van der Waals surface area contributed by atoms with Gasteiger partial charge in [0.2, 0.25) is 11.8 Å². The number of fused-ring (bicyclic) bond motifs is 1. The van der Waals surface area contributed by atoms with Gasteiger partial charge in [0.05, 0.1) is 5.92 Å². The van der Waals surface area contributed by atoms with Gasteiger partial charge in [-0.2, -0.15) is 0 Å². The van der Waals surface area contributed by atoms with Crippen molar-refractivity contribution in [2.45, 2.75) is 44.6 Å². The lowest BCUT2D eigenvalue weighted by Crippen LogP contribution is -2.51. The van der Waals surface area contributed by atoms with E-state index in [1.165, 1.54) is 45.2 Å². The molecule has 0 aliphatic carbocycles. The van der Waals surface area contributed by atoms with Crippen LogP contribution in [0.2, 0.25) is 0 Å². The lowest BCUT2D eigenvalue weighted by atomic mass is 9.83. The number of carbonyl (C=O) groups is 2. The number of carbonyl (C=O) groups excluding carboxylic acids is 2. The Morgan fingerprint density at radius 3 is 2.70 bits per heavy atom. The van der Waals surface area contributed by atoms with Crippen molar-refractivity contribution in [3.8, 4) is 0 Å². The van der Waals surface area contributed by atoms with Crippen LogP contribution in [0.4, 0.5) is 5.69 Å². The third kappa shape index (κ3) is 3.88. The van der Waals surface area contributed by atoms with Crippen molar-refractivity contribution in [1.29, 1.82) is 0 Å². The Morgan fingerprint density at radius 2 is 1.89 bits per heavy atom. The number of benzene rings is 1. The molecular weight excluding hydrogens is 338 g/mol. The van der Waals surface area contributed by atoms with E-state index >= 15 is 0 Å². The van der Waals surface area contributed by atoms with Crippen molar-refractivity contribution < 1.29 is 9.59 Å². The molecule has 3 heterocycles. The van der Waals surface area contributed by atoms with Crippen LogP contribution in [-0.2, 0) is 9.59 Å². The van der Waals surface area contributed by atoms with E-state index in [0.29, 0.717) is 24.9 Å². The summed E-state index contributed by atoms with van der Waals surface area (Å²) < 4.78 is 0. The maximum atomic E-state index is 13.0. The first-order valence-electron chi connectivity index (χ1n) is 10.5. The quantitative estimate of drug-likeness (QED) is 0.820. The van der Waals surface area contributed by atoms with Gasteiger partial charge in [0.15, 0.2) is 0 Å². The summed E-state index contributed by atoms with van der Waals surface area (Å²) in [4.78, 5) is 31.8. The van der Waals surface area contributed by atoms with E-state index in [1.54, 1.807) is 4.90 Å². The molecule has 5 heteroatoms. The fourth-order valence-corrected chi connectivity index (χ4v) is 5.27. The number of nitrogens with zero attached hydrogens (tertiary/aromatic N) is 3. The molecule has 4 rings (SSSR count). The number of hydrogen-bond acceptors (Lipinski definition) is 3. The van der Waals surface area contributed by atoms with Gasteiger partial charge in [-0.15, -0.1) is 0 Å². The fourth-order valence-electron chi connectivity index (χ4n) is 5.27. The molecule has 0 bridgehead atoms. The van der Waals surface area contributed by atoms with Crippen molar-refractivity contribution in [2.75, 3.05) is 38.1 Å². The number of hydrogen-bond donors (Lipinski definition) is 0. The minimum atomic E-state index is -0.214. The number of para-hydroxylation sites is 1. The topological polar surface area (TPSA) is 43.9 Å². The number of anilines is 1. The zero-order chi connectivity index (χ0) is 18.8. The predicted molar refractivity (Wildman–Crippen MR) is 106 cm³/mol. The van der Waals surface area contributed by atoms with Gasteiger partial charge in [0.25, 0.3) is 0 Å². The van der Waals surface area contributed by atoms with Gasteiger partial charge in [-0.3, -0.25) is 9.59 Å². The molecular formula is C22H31N3O2. The van der Waals surface area contributed by atoms with Crippen LogP contribution in [0.3, 0.4) is 0 Å². The van der Waals surface area contributed by atoms with Gasteiger partial charge in [-0.25, -0.2) is 0 Å². The highest BCUT2D eigenvalue weighted by molar-refractivity contribution is 6.00. The molecule has 0 unspecified atom stereocenters. The third-order valence-electron chi connectivity index (χ3n) is 6.66. The average Bonchev–Trinajstić information content (AvgIpc) is 3.10. The third-order valence-corrected chi connectivity index (χ3v) is 6.66. The second-order valence-electron chi connectivity index (χ2n) is 8.46. The van der Waals surface area contributed by atoms with E-state index in [1.807, 2.05) is 42.3 Å². The summed E-state index contributed by atoms with van der Waals surface area (Å²) in [6.45, 7) is 3.78. The van der Waals surface area contributed by atoms with Crippen LogP contribution in [0.15, 0.2) is 30.3 Å². The van der Waals surface area contributed by atoms with E-state index < -0.39 is 0 Å². The highest BCUT2D eigenvalue weighted by Gasteiger charge is 2.38. The van der Waals surface area contributed by atoms with Crippen LogP contribution >= 0.6 is 0 Å². The smallest absolute Gasteiger partial charge is 0.227 e. The minimum Gasteiger partial charge on any atom is -0.345 e. The summed E-state index contributed by atoms with van der Waals surface area (Å²) in [7, 11) is 1.93. The standard InChI is InChI=1S/C22H31N3O2/c1-23(15-17-8-7-13-24-12-6-5-11-20(17)24)22(27)18-14-21(26)25(16-18)19-9-3-2-4-10-19/h2-4,9-10,17-18,20H,5-8,11-16H2,1H3/t17-,18+,20+/m0/s1. The molecule has 5 nitrogen and oxygen atoms in total. The van der Waals surface area contributed by atoms with Crippen LogP contribution in [0, 0.1) is 11.8 Å². The van der Waals surface area contributed by atoms with E-state index in [9.17, 15) is 9.59 Å². The van der Waals surface area contributed by atoms with Crippen LogP contribution < -0.4 is 4.90 Å². The molecule has 0 saturated carbocycles. The molecule has 0 radical (unpaired) electrons. The molecule has 3 aliphatic rings. The zero-order valence-electron chi connectivity index (χ0n) is 16.3. The van der Waals surface area contributed by atoms with E-state index in [-0.39, 0.29) is 17.7 Å². The van der Waals surface area contributed by atoms with Crippen molar-refractivity contribution >= 4 is 17.5 Å². The summed E-state index contributed by atoms with van der Waals surface area (Å²) in [6, 6.07) is 10.3. The fraction of sp³-hybridized carbons (Fsp3) is 0.636. The maximum absolute atomic E-state index is 13.0. The summed E-state index contributed by atoms with van der Waals surface area (Å²) in [5.74, 6) is 0.558. The molecule has 3 saturated heterocycles. The highest BCUT2D eigenvalue weighted by Crippen LogP contribution is 2.32. The van der Waals surface area contributed by atoms with Crippen LogP contribution in [0.25, 0.3) is 0 Å². The van der Waals surface area contributed by atoms with Crippen LogP contribution in [0.1, 0.15) is 38.5 Å². The molecule has 0 aromatic heterocycles. The number of amides is 2.